The molecule has 2 atom stereocenters. The van der Waals surface area contributed by atoms with Crippen molar-refractivity contribution in [2.75, 3.05) is 13.6 Å². The molecule has 6 heteroatoms. The second kappa shape index (κ2) is 11.3. The Labute approximate surface area is 212 Å². The fourth-order valence-electron chi connectivity index (χ4n) is 4.89. The standard InChI is InChI=1S/C30H33N5O/c1-34(19-7-11-26-21-29(33-32-26)25-9-3-2-4-10-25)30(36)28-13-6-5-12-27(28)24-16-14-23(15-17-24)22-35-20-8-18-31-35/h2-6,8-10,12-18,20,26,29,32-33H,7,11,19,21-22H2,1H3. The number of nitrogens with one attached hydrogen (secondary N) is 2. The van der Waals surface area contributed by atoms with Crippen LogP contribution in [0.15, 0.2) is 97.3 Å². The summed E-state index contributed by atoms with van der Waals surface area (Å²) in [5.41, 5.74) is 12.1. The molecular formula is C30H33N5O. The van der Waals surface area contributed by atoms with Crippen LogP contribution in [0.25, 0.3) is 11.1 Å². The molecule has 2 N–H and O–H groups in total. The summed E-state index contributed by atoms with van der Waals surface area (Å²) in [6.07, 6.45) is 6.77. The number of rotatable bonds is 9. The van der Waals surface area contributed by atoms with Crippen molar-refractivity contribution in [2.24, 2.45) is 0 Å². The Morgan fingerprint density at radius 3 is 2.53 bits per heavy atom. The van der Waals surface area contributed by atoms with Gasteiger partial charge in [-0.1, -0.05) is 72.8 Å². The molecule has 0 spiro atoms. The highest BCUT2D eigenvalue weighted by Gasteiger charge is 2.25. The van der Waals surface area contributed by atoms with Gasteiger partial charge in [-0.25, -0.2) is 0 Å². The number of carbonyl (C=O) groups excluding carboxylic acids is 1. The van der Waals surface area contributed by atoms with Crippen LogP contribution in [0.4, 0.5) is 0 Å². The SMILES string of the molecule is CN(CCCC1CC(c2ccccc2)NN1)C(=O)c1ccccc1-c1ccc(Cn2cccn2)cc1. The van der Waals surface area contributed by atoms with E-state index in [1.54, 1.807) is 6.20 Å². The quantitative estimate of drug-likeness (QED) is 0.352. The minimum absolute atomic E-state index is 0.0610. The van der Waals surface area contributed by atoms with Crippen LogP contribution in [0.5, 0.6) is 0 Å². The van der Waals surface area contributed by atoms with E-state index in [1.807, 2.05) is 59.2 Å². The van der Waals surface area contributed by atoms with Crippen molar-refractivity contribution in [3.63, 3.8) is 0 Å². The van der Waals surface area contributed by atoms with E-state index in [4.69, 9.17) is 0 Å². The molecule has 2 unspecified atom stereocenters. The van der Waals surface area contributed by atoms with Gasteiger partial charge >= 0.3 is 0 Å². The molecule has 1 aromatic heterocycles. The van der Waals surface area contributed by atoms with Crippen molar-refractivity contribution in [1.29, 1.82) is 0 Å². The largest absolute Gasteiger partial charge is 0.342 e. The van der Waals surface area contributed by atoms with Gasteiger partial charge in [-0.05, 0) is 53.6 Å². The average molecular weight is 480 g/mol. The van der Waals surface area contributed by atoms with Gasteiger partial charge < -0.3 is 4.90 Å². The molecule has 1 amide bonds. The predicted octanol–water partition coefficient (Wildman–Crippen LogP) is 5.06. The molecule has 1 aliphatic rings. The first kappa shape index (κ1) is 24.0. The molecule has 0 aliphatic carbocycles. The minimum Gasteiger partial charge on any atom is -0.342 e. The predicted molar refractivity (Wildman–Crippen MR) is 143 cm³/mol. The third-order valence-electron chi connectivity index (χ3n) is 6.90. The zero-order valence-corrected chi connectivity index (χ0v) is 20.7. The van der Waals surface area contributed by atoms with Gasteiger partial charge in [0.15, 0.2) is 0 Å². The zero-order chi connectivity index (χ0) is 24.7. The number of hydrazine groups is 1. The lowest BCUT2D eigenvalue weighted by Crippen LogP contribution is -2.32. The van der Waals surface area contributed by atoms with Gasteiger partial charge in [-0.3, -0.25) is 20.3 Å². The molecule has 5 rings (SSSR count). The molecule has 1 fully saturated rings. The van der Waals surface area contributed by atoms with Gasteiger partial charge in [-0.15, -0.1) is 0 Å². The first-order valence-corrected chi connectivity index (χ1v) is 12.6. The average Bonchev–Trinajstić information content (AvgIpc) is 3.62. The third kappa shape index (κ3) is 5.73. The van der Waals surface area contributed by atoms with Gasteiger partial charge in [0, 0.05) is 43.6 Å². The Hall–Kier alpha value is -3.74. The summed E-state index contributed by atoms with van der Waals surface area (Å²) in [5.74, 6) is 0.0610. The van der Waals surface area contributed by atoms with Crippen molar-refractivity contribution in [1.82, 2.24) is 25.5 Å². The van der Waals surface area contributed by atoms with Crippen molar-refractivity contribution < 1.29 is 4.79 Å². The number of hydrogen-bond acceptors (Lipinski definition) is 4. The van der Waals surface area contributed by atoms with E-state index in [2.05, 4.69) is 64.5 Å². The highest BCUT2D eigenvalue weighted by Crippen LogP contribution is 2.26. The number of aromatic nitrogens is 2. The van der Waals surface area contributed by atoms with E-state index in [0.29, 0.717) is 12.1 Å². The van der Waals surface area contributed by atoms with Gasteiger partial charge in [0.1, 0.15) is 0 Å². The molecule has 1 aliphatic heterocycles. The fraction of sp³-hybridized carbons (Fsp3) is 0.267. The molecule has 6 nitrogen and oxygen atoms in total. The lowest BCUT2D eigenvalue weighted by molar-refractivity contribution is 0.0792. The van der Waals surface area contributed by atoms with E-state index in [0.717, 1.165) is 49.0 Å². The zero-order valence-electron chi connectivity index (χ0n) is 20.7. The van der Waals surface area contributed by atoms with E-state index >= 15 is 0 Å². The van der Waals surface area contributed by atoms with Crippen LogP contribution in [-0.2, 0) is 6.54 Å². The minimum atomic E-state index is 0.0610. The molecular weight excluding hydrogens is 446 g/mol. The number of amides is 1. The molecule has 2 heterocycles. The Morgan fingerprint density at radius 2 is 1.75 bits per heavy atom. The Kier molecular flexibility index (Phi) is 7.55. The third-order valence-corrected chi connectivity index (χ3v) is 6.90. The molecule has 0 saturated carbocycles. The van der Waals surface area contributed by atoms with E-state index in [9.17, 15) is 4.79 Å². The van der Waals surface area contributed by atoms with Crippen molar-refractivity contribution in [3.8, 4) is 11.1 Å². The first-order valence-electron chi connectivity index (χ1n) is 12.6. The first-order chi connectivity index (χ1) is 17.7. The van der Waals surface area contributed by atoms with Crippen LogP contribution in [-0.4, -0.2) is 40.2 Å². The van der Waals surface area contributed by atoms with Gasteiger partial charge in [0.25, 0.3) is 5.91 Å². The van der Waals surface area contributed by atoms with Crippen LogP contribution in [0.2, 0.25) is 0 Å². The second-order valence-electron chi connectivity index (χ2n) is 9.50. The lowest BCUT2D eigenvalue weighted by atomic mass is 9.97. The van der Waals surface area contributed by atoms with Crippen molar-refractivity contribution >= 4 is 5.91 Å². The van der Waals surface area contributed by atoms with E-state index in [1.165, 1.54) is 11.1 Å². The van der Waals surface area contributed by atoms with Gasteiger partial charge in [0.2, 0.25) is 0 Å². The summed E-state index contributed by atoms with van der Waals surface area (Å²) in [6.45, 7) is 1.46. The molecule has 4 aromatic rings. The Morgan fingerprint density at radius 1 is 0.972 bits per heavy atom. The van der Waals surface area contributed by atoms with Crippen LogP contribution < -0.4 is 10.9 Å². The normalized spacial score (nSPS) is 17.2. The number of hydrogen-bond donors (Lipinski definition) is 2. The maximum absolute atomic E-state index is 13.4. The number of nitrogens with zero attached hydrogens (tertiary/aromatic N) is 3. The van der Waals surface area contributed by atoms with Gasteiger partial charge in [-0.2, -0.15) is 5.10 Å². The van der Waals surface area contributed by atoms with Crippen LogP contribution >= 0.6 is 0 Å². The fourth-order valence-corrected chi connectivity index (χ4v) is 4.89. The van der Waals surface area contributed by atoms with Crippen LogP contribution in [0.1, 0.15) is 46.8 Å². The smallest absolute Gasteiger partial charge is 0.254 e. The highest BCUT2D eigenvalue weighted by molar-refractivity contribution is 6.00. The maximum Gasteiger partial charge on any atom is 0.254 e. The summed E-state index contributed by atoms with van der Waals surface area (Å²) < 4.78 is 1.90. The number of benzene rings is 3. The van der Waals surface area contributed by atoms with Gasteiger partial charge in [0.05, 0.1) is 6.54 Å². The molecule has 1 saturated heterocycles. The molecule has 0 bridgehead atoms. The topological polar surface area (TPSA) is 62.2 Å². The monoisotopic (exact) mass is 479 g/mol. The van der Waals surface area contributed by atoms with Crippen molar-refractivity contribution in [2.45, 2.75) is 37.9 Å². The van der Waals surface area contributed by atoms with Crippen molar-refractivity contribution in [3.05, 3.63) is 114 Å². The summed E-state index contributed by atoms with van der Waals surface area (Å²) in [7, 11) is 1.90. The molecule has 184 valence electrons. The summed E-state index contributed by atoms with van der Waals surface area (Å²) in [4.78, 5) is 15.2. The summed E-state index contributed by atoms with van der Waals surface area (Å²) in [6, 6.07) is 29.5. The Balaban J connectivity index is 1.17. The summed E-state index contributed by atoms with van der Waals surface area (Å²) >= 11 is 0. The summed E-state index contributed by atoms with van der Waals surface area (Å²) in [5, 5.41) is 4.27. The molecule has 36 heavy (non-hydrogen) atoms. The van der Waals surface area contributed by atoms with E-state index < -0.39 is 0 Å². The van der Waals surface area contributed by atoms with Crippen LogP contribution in [0, 0.1) is 0 Å². The molecule has 3 aromatic carbocycles. The Bertz CT molecular complexity index is 1250. The number of carbonyl (C=O) groups is 1. The van der Waals surface area contributed by atoms with E-state index in [-0.39, 0.29) is 5.91 Å². The van der Waals surface area contributed by atoms with Crippen LogP contribution in [0.3, 0.4) is 0 Å². The lowest BCUT2D eigenvalue weighted by Gasteiger charge is -2.20. The molecule has 0 radical (unpaired) electrons. The highest BCUT2D eigenvalue weighted by atomic mass is 16.2. The second-order valence-corrected chi connectivity index (χ2v) is 9.50. The maximum atomic E-state index is 13.4.